The maximum atomic E-state index is 12.9. The molecule has 1 N–H and O–H groups in total. The number of nitrogens with one attached hydrogen (secondary N) is 1. The van der Waals surface area contributed by atoms with Crippen LogP contribution in [0.2, 0.25) is 5.02 Å². The van der Waals surface area contributed by atoms with Crippen molar-refractivity contribution in [1.82, 2.24) is 15.1 Å². The van der Waals surface area contributed by atoms with Gasteiger partial charge in [-0.25, -0.2) is 0 Å². The highest BCUT2D eigenvalue weighted by molar-refractivity contribution is 6.30. The number of rotatable bonds is 6. The Hall–Kier alpha value is -3.68. The van der Waals surface area contributed by atoms with Crippen LogP contribution in [0.15, 0.2) is 66.7 Å². The number of piperidine rings is 1. The van der Waals surface area contributed by atoms with Crippen molar-refractivity contribution in [2.24, 2.45) is 0 Å². The van der Waals surface area contributed by atoms with Crippen molar-refractivity contribution in [1.29, 1.82) is 0 Å². The summed E-state index contributed by atoms with van der Waals surface area (Å²) in [5.41, 5.74) is 5.06. The Labute approximate surface area is 226 Å². The lowest BCUT2D eigenvalue weighted by atomic mass is 9.99. The van der Waals surface area contributed by atoms with Crippen LogP contribution in [-0.4, -0.2) is 52.8 Å². The van der Waals surface area contributed by atoms with Crippen LogP contribution in [-0.2, 0) is 22.7 Å². The van der Waals surface area contributed by atoms with Gasteiger partial charge in [-0.15, -0.1) is 0 Å². The highest BCUT2D eigenvalue weighted by Gasteiger charge is 2.39. The lowest BCUT2D eigenvalue weighted by Gasteiger charge is -2.29. The predicted octanol–water partition coefficient (Wildman–Crippen LogP) is 4.42. The molecule has 0 spiro atoms. The molecule has 2 fully saturated rings. The van der Waals surface area contributed by atoms with Crippen molar-refractivity contribution < 1.29 is 19.1 Å². The molecule has 0 aliphatic carbocycles. The van der Waals surface area contributed by atoms with Gasteiger partial charge < -0.3 is 9.64 Å². The number of ether oxygens (including phenoxy) is 1. The fraction of sp³-hybridized carbons (Fsp3) is 0.300. The van der Waals surface area contributed by atoms with Gasteiger partial charge in [-0.05, 0) is 65.4 Å². The van der Waals surface area contributed by atoms with E-state index in [0.717, 1.165) is 48.0 Å². The zero-order chi connectivity index (χ0) is 26.2. The zero-order valence-corrected chi connectivity index (χ0v) is 21.6. The number of likely N-dealkylation sites (tertiary alicyclic amines) is 1. The number of nitrogens with zero attached hydrogens (tertiary/aromatic N) is 2. The van der Waals surface area contributed by atoms with E-state index in [4.69, 9.17) is 16.3 Å². The van der Waals surface area contributed by atoms with Crippen molar-refractivity contribution in [3.05, 3.63) is 88.4 Å². The quantitative estimate of drug-likeness (QED) is 0.478. The van der Waals surface area contributed by atoms with Gasteiger partial charge >= 0.3 is 0 Å². The van der Waals surface area contributed by atoms with Crippen molar-refractivity contribution in [2.75, 3.05) is 13.1 Å². The molecule has 3 heterocycles. The Morgan fingerprint density at radius 1 is 0.947 bits per heavy atom. The number of carbonyl (C=O) groups is 3. The van der Waals surface area contributed by atoms with Crippen molar-refractivity contribution in [3.8, 4) is 16.9 Å². The minimum atomic E-state index is -0.615. The van der Waals surface area contributed by atoms with Crippen LogP contribution in [0.4, 0.5) is 0 Å². The number of imide groups is 1. The fourth-order valence-corrected chi connectivity index (χ4v) is 5.79. The van der Waals surface area contributed by atoms with E-state index in [1.807, 2.05) is 24.3 Å². The number of fused-ring (bicyclic) bond motifs is 1. The molecule has 2 atom stereocenters. The SMILES string of the molecule is O=C1CCC(N2Cc3cc(OC4CCN(Cc5ccccc5-c5ccc(Cl)cc5)C4)ccc3C2=O)C(=O)N1. The summed E-state index contributed by atoms with van der Waals surface area (Å²) in [6, 6.07) is 21.3. The monoisotopic (exact) mass is 529 g/mol. The first kappa shape index (κ1) is 24.6. The topological polar surface area (TPSA) is 79.0 Å². The minimum absolute atomic E-state index is 0.0547. The summed E-state index contributed by atoms with van der Waals surface area (Å²) in [5.74, 6) is -0.129. The molecule has 3 amide bonds. The van der Waals surface area contributed by atoms with E-state index >= 15 is 0 Å². The second-order valence-corrected chi connectivity index (χ2v) is 10.6. The third-order valence-electron chi connectivity index (χ3n) is 7.59. The van der Waals surface area contributed by atoms with Gasteiger partial charge in [0.2, 0.25) is 11.8 Å². The van der Waals surface area contributed by atoms with Gasteiger partial charge in [0.15, 0.2) is 0 Å². The molecule has 8 heteroatoms. The first-order valence-corrected chi connectivity index (χ1v) is 13.3. The fourth-order valence-electron chi connectivity index (χ4n) is 5.66. The van der Waals surface area contributed by atoms with Crippen LogP contribution in [0, 0.1) is 0 Å². The highest BCUT2D eigenvalue weighted by Crippen LogP contribution is 2.32. The summed E-state index contributed by atoms with van der Waals surface area (Å²) >= 11 is 6.08. The summed E-state index contributed by atoms with van der Waals surface area (Å²) < 4.78 is 6.34. The molecule has 2 unspecified atom stereocenters. The Bertz CT molecular complexity index is 1410. The van der Waals surface area contributed by atoms with Crippen LogP contribution in [0.25, 0.3) is 11.1 Å². The summed E-state index contributed by atoms with van der Waals surface area (Å²) in [6.45, 7) is 2.92. The van der Waals surface area contributed by atoms with Crippen LogP contribution >= 0.6 is 11.6 Å². The zero-order valence-electron chi connectivity index (χ0n) is 20.9. The molecule has 38 heavy (non-hydrogen) atoms. The Kier molecular flexibility index (Phi) is 6.64. The molecule has 2 saturated heterocycles. The van der Waals surface area contributed by atoms with E-state index in [1.165, 1.54) is 11.1 Å². The van der Waals surface area contributed by atoms with Crippen molar-refractivity contribution in [3.63, 3.8) is 0 Å². The van der Waals surface area contributed by atoms with Gasteiger partial charge in [-0.2, -0.15) is 0 Å². The largest absolute Gasteiger partial charge is 0.489 e. The Morgan fingerprint density at radius 2 is 1.76 bits per heavy atom. The van der Waals surface area contributed by atoms with Crippen LogP contribution in [0.5, 0.6) is 5.75 Å². The molecule has 3 aliphatic heterocycles. The summed E-state index contributed by atoms with van der Waals surface area (Å²) in [7, 11) is 0. The molecule has 7 nitrogen and oxygen atoms in total. The van der Waals surface area contributed by atoms with Gasteiger partial charge in [0.1, 0.15) is 17.9 Å². The van der Waals surface area contributed by atoms with Crippen molar-refractivity contribution >= 4 is 29.3 Å². The molecule has 3 aliphatic rings. The summed E-state index contributed by atoms with van der Waals surface area (Å²) in [6.07, 6.45) is 1.57. The first-order chi connectivity index (χ1) is 18.4. The maximum absolute atomic E-state index is 12.9. The standard InChI is InChI=1S/C30H28ClN3O4/c31-22-7-5-19(6-8-22)25-4-2-1-3-20(25)16-33-14-13-24(18-33)38-23-9-10-26-21(15-23)17-34(30(26)37)27-11-12-28(35)32-29(27)36/h1-10,15,24,27H,11-14,16-18H2,(H,32,35,36). The molecule has 0 radical (unpaired) electrons. The number of hydrogen-bond acceptors (Lipinski definition) is 5. The molecule has 3 aromatic carbocycles. The lowest BCUT2D eigenvalue weighted by molar-refractivity contribution is -0.136. The number of benzene rings is 3. The van der Waals surface area contributed by atoms with Gasteiger partial charge in [0.25, 0.3) is 5.91 Å². The van der Waals surface area contributed by atoms with E-state index in [0.29, 0.717) is 18.5 Å². The van der Waals surface area contributed by atoms with Crippen LogP contribution < -0.4 is 10.1 Å². The van der Waals surface area contributed by atoms with Gasteiger partial charge in [0, 0.05) is 43.2 Å². The van der Waals surface area contributed by atoms with Crippen LogP contribution in [0.3, 0.4) is 0 Å². The van der Waals surface area contributed by atoms with E-state index in [9.17, 15) is 14.4 Å². The average molecular weight is 530 g/mol. The minimum Gasteiger partial charge on any atom is -0.489 e. The summed E-state index contributed by atoms with van der Waals surface area (Å²) in [5, 5.41) is 3.07. The Morgan fingerprint density at radius 3 is 2.58 bits per heavy atom. The van der Waals surface area contributed by atoms with Gasteiger partial charge in [-0.3, -0.25) is 24.6 Å². The lowest BCUT2D eigenvalue weighted by Crippen LogP contribution is -2.52. The number of amides is 3. The van der Waals surface area contributed by atoms with Crippen LogP contribution in [0.1, 0.15) is 40.7 Å². The second kappa shape index (κ2) is 10.2. The molecular formula is C30H28ClN3O4. The van der Waals surface area contributed by atoms with E-state index < -0.39 is 11.9 Å². The molecule has 0 bridgehead atoms. The number of carbonyl (C=O) groups excluding carboxylic acids is 3. The molecule has 0 saturated carbocycles. The number of halogens is 1. The van der Waals surface area contributed by atoms with E-state index in [2.05, 4.69) is 46.6 Å². The first-order valence-electron chi connectivity index (χ1n) is 12.9. The maximum Gasteiger partial charge on any atom is 0.255 e. The van der Waals surface area contributed by atoms with Gasteiger partial charge in [0.05, 0.1) is 0 Å². The highest BCUT2D eigenvalue weighted by atomic mass is 35.5. The van der Waals surface area contributed by atoms with Gasteiger partial charge in [-0.1, -0.05) is 48.0 Å². The Balaban J connectivity index is 1.09. The smallest absolute Gasteiger partial charge is 0.255 e. The van der Waals surface area contributed by atoms with E-state index in [-0.39, 0.29) is 24.3 Å². The van der Waals surface area contributed by atoms with E-state index in [1.54, 1.807) is 11.0 Å². The molecule has 3 aromatic rings. The third-order valence-corrected chi connectivity index (χ3v) is 7.85. The number of hydrogen-bond donors (Lipinski definition) is 1. The molecule has 194 valence electrons. The third kappa shape index (κ3) is 4.91. The van der Waals surface area contributed by atoms with Crippen molar-refractivity contribution in [2.45, 2.75) is 44.5 Å². The average Bonchev–Trinajstić information content (AvgIpc) is 3.48. The summed E-state index contributed by atoms with van der Waals surface area (Å²) in [4.78, 5) is 40.7. The second-order valence-electron chi connectivity index (χ2n) is 10.1. The molecule has 0 aromatic heterocycles. The normalized spacial score (nSPS) is 21.5. The predicted molar refractivity (Wildman–Crippen MR) is 144 cm³/mol. The molecular weight excluding hydrogens is 502 g/mol. The molecule has 6 rings (SSSR count).